The lowest BCUT2D eigenvalue weighted by molar-refractivity contribution is 0.751. The van der Waals surface area contributed by atoms with Gasteiger partial charge in [-0.3, -0.25) is 0 Å². The molecule has 0 saturated carbocycles. The molecule has 0 saturated heterocycles. The van der Waals surface area contributed by atoms with Crippen LogP contribution in [0.2, 0.25) is 0 Å². The lowest BCUT2D eigenvalue weighted by atomic mass is 9.87. The third-order valence-corrected chi connectivity index (χ3v) is 5.01. The predicted molar refractivity (Wildman–Crippen MR) is 80.0 cm³/mol. The molecule has 3 rings (SSSR count). The number of aryl methyl sites for hydroxylation is 1. The van der Waals surface area contributed by atoms with Crippen LogP contribution >= 0.6 is 11.8 Å². The van der Waals surface area contributed by atoms with Crippen molar-refractivity contribution in [3.63, 3.8) is 0 Å². The van der Waals surface area contributed by atoms with Gasteiger partial charge in [-0.25, -0.2) is 0 Å². The van der Waals surface area contributed by atoms with Gasteiger partial charge in [-0.1, -0.05) is 54.6 Å². The Balaban J connectivity index is 2.04. The minimum Gasteiger partial charge on any atom is -0.196 e. The van der Waals surface area contributed by atoms with Crippen LogP contribution in [0.1, 0.15) is 16.7 Å². The number of thioether (sulfide) groups is 1. The van der Waals surface area contributed by atoms with E-state index in [9.17, 15) is 5.26 Å². The van der Waals surface area contributed by atoms with Crippen molar-refractivity contribution in [2.24, 2.45) is 0 Å². The molecule has 0 aromatic heterocycles. The van der Waals surface area contributed by atoms with Crippen molar-refractivity contribution < 1.29 is 0 Å². The molecule has 94 valence electrons. The van der Waals surface area contributed by atoms with Crippen molar-refractivity contribution >= 4 is 11.8 Å². The minimum absolute atomic E-state index is 0.420. The summed E-state index contributed by atoms with van der Waals surface area (Å²) in [7, 11) is 0. The van der Waals surface area contributed by atoms with Gasteiger partial charge < -0.3 is 0 Å². The summed E-state index contributed by atoms with van der Waals surface area (Å²) in [5, 5.41) is 9.78. The molecule has 0 amide bonds. The Morgan fingerprint density at radius 1 is 1.05 bits per heavy atom. The van der Waals surface area contributed by atoms with Crippen LogP contribution in [0.4, 0.5) is 0 Å². The van der Waals surface area contributed by atoms with E-state index >= 15 is 0 Å². The molecule has 0 bridgehead atoms. The average Bonchev–Trinajstić information content (AvgIpc) is 2.49. The number of fused-ring (bicyclic) bond motifs is 1. The standard InChI is InChI=1S/C17H15NS/c18-13-17(12-14-6-2-1-3-7-14)16-9-5-4-8-15(16)10-11-19-17/h1-9H,10-12H2. The van der Waals surface area contributed by atoms with Crippen molar-refractivity contribution in [3.05, 3.63) is 71.3 Å². The van der Waals surface area contributed by atoms with Gasteiger partial charge in [0.05, 0.1) is 6.07 Å². The third-order valence-electron chi connectivity index (χ3n) is 3.65. The predicted octanol–water partition coefficient (Wildman–Crippen LogP) is 3.94. The van der Waals surface area contributed by atoms with Gasteiger partial charge in [0.2, 0.25) is 0 Å². The Hall–Kier alpha value is -1.72. The van der Waals surface area contributed by atoms with Gasteiger partial charge in [-0.2, -0.15) is 5.26 Å². The summed E-state index contributed by atoms with van der Waals surface area (Å²) < 4.78 is -0.420. The van der Waals surface area contributed by atoms with Crippen LogP contribution in [0.15, 0.2) is 54.6 Å². The quantitative estimate of drug-likeness (QED) is 0.821. The Morgan fingerprint density at radius 2 is 1.79 bits per heavy atom. The van der Waals surface area contributed by atoms with E-state index in [1.54, 1.807) is 11.8 Å². The fourth-order valence-electron chi connectivity index (χ4n) is 2.71. The second-order valence-electron chi connectivity index (χ2n) is 4.86. The summed E-state index contributed by atoms with van der Waals surface area (Å²) in [4.78, 5) is 0. The molecule has 1 unspecified atom stereocenters. The van der Waals surface area contributed by atoms with Gasteiger partial charge in [-0.05, 0) is 28.9 Å². The number of hydrogen-bond acceptors (Lipinski definition) is 2. The Labute approximate surface area is 118 Å². The summed E-state index contributed by atoms with van der Waals surface area (Å²) >= 11 is 1.79. The molecular formula is C17H15NS. The van der Waals surface area contributed by atoms with Crippen molar-refractivity contribution in [2.45, 2.75) is 17.6 Å². The van der Waals surface area contributed by atoms with Crippen LogP contribution < -0.4 is 0 Å². The van der Waals surface area contributed by atoms with Gasteiger partial charge >= 0.3 is 0 Å². The maximum atomic E-state index is 9.78. The Morgan fingerprint density at radius 3 is 2.58 bits per heavy atom. The highest BCUT2D eigenvalue weighted by Gasteiger charge is 2.37. The first kappa shape index (κ1) is 12.3. The van der Waals surface area contributed by atoms with Gasteiger partial charge in [0.25, 0.3) is 0 Å². The molecule has 0 fully saturated rings. The summed E-state index contributed by atoms with van der Waals surface area (Å²) in [5.74, 6) is 1.03. The lowest BCUT2D eigenvalue weighted by Gasteiger charge is -2.32. The summed E-state index contributed by atoms with van der Waals surface area (Å²) in [5.41, 5.74) is 3.77. The van der Waals surface area contributed by atoms with Crippen molar-refractivity contribution in [1.29, 1.82) is 5.26 Å². The van der Waals surface area contributed by atoms with Gasteiger partial charge in [0.1, 0.15) is 4.75 Å². The number of hydrogen-bond donors (Lipinski definition) is 0. The first-order chi connectivity index (χ1) is 9.34. The molecule has 0 aliphatic carbocycles. The third kappa shape index (κ3) is 2.27. The van der Waals surface area contributed by atoms with Crippen molar-refractivity contribution in [1.82, 2.24) is 0 Å². The molecule has 2 heteroatoms. The maximum Gasteiger partial charge on any atom is 0.132 e. The Bertz CT molecular complexity index is 615. The first-order valence-electron chi connectivity index (χ1n) is 6.52. The first-order valence-corrected chi connectivity index (χ1v) is 7.50. The van der Waals surface area contributed by atoms with Crippen LogP contribution in [0, 0.1) is 11.3 Å². The fraction of sp³-hybridized carbons (Fsp3) is 0.235. The van der Waals surface area contributed by atoms with E-state index < -0.39 is 4.75 Å². The van der Waals surface area contributed by atoms with Crippen LogP contribution in [0.5, 0.6) is 0 Å². The molecule has 0 spiro atoms. The molecule has 19 heavy (non-hydrogen) atoms. The molecule has 2 aromatic rings. The zero-order valence-electron chi connectivity index (χ0n) is 10.7. The molecule has 0 N–H and O–H groups in total. The minimum atomic E-state index is -0.420. The van der Waals surface area contributed by atoms with E-state index in [0.717, 1.165) is 18.6 Å². The normalized spacial score (nSPS) is 21.4. The summed E-state index contributed by atoms with van der Waals surface area (Å²) in [6, 6.07) is 21.3. The number of rotatable bonds is 2. The van der Waals surface area contributed by atoms with Gasteiger partial charge in [0.15, 0.2) is 0 Å². The summed E-state index contributed by atoms with van der Waals surface area (Å²) in [6.07, 6.45) is 1.85. The van der Waals surface area contributed by atoms with E-state index in [0.29, 0.717) is 0 Å². The van der Waals surface area contributed by atoms with E-state index in [1.165, 1.54) is 16.7 Å². The van der Waals surface area contributed by atoms with Crippen LogP contribution in [0.3, 0.4) is 0 Å². The topological polar surface area (TPSA) is 23.8 Å². The number of benzene rings is 2. The highest BCUT2D eigenvalue weighted by atomic mass is 32.2. The highest BCUT2D eigenvalue weighted by molar-refractivity contribution is 8.00. The molecule has 2 aromatic carbocycles. The molecule has 1 aliphatic rings. The average molecular weight is 265 g/mol. The van der Waals surface area contributed by atoms with Gasteiger partial charge in [0, 0.05) is 6.42 Å². The van der Waals surface area contributed by atoms with Crippen LogP contribution in [-0.4, -0.2) is 5.75 Å². The van der Waals surface area contributed by atoms with Crippen molar-refractivity contribution in [2.75, 3.05) is 5.75 Å². The second-order valence-corrected chi connectivity index (χ2v) is 6.25. The van der Waals surface area contributed by atoms with E-state index in [-0.39, 0.29) is 0 Å². The van der Waals surface area contributed by atoms with E-state index in [1.807, 2.05) is 24.3 Å². The van der Waals surface area contributed by atoms with E-state index in [4.69, 9.17) is 0 Å². The molecule has 0 radical (unpaired) electrons. The highest BCUT2D eigenvalue weighted by Crippen LogP contribution is 2.44. The van der Waals surface area contributed by atoms with Crippen LogP contribution in [-0.2, 0) is 17.6 Å². The molecular weight excluding hydrogens is 250 g/mol. The molecule has 1 atom stereocenters. The number of nitrogens with zero attached hydrogens (tertiary/aromatic N) is 1. The molecule has 1 nitrogen and oxygen atoms in total. The molecule has 1 heterocycles. The Kier molecular flexibility index (Phi) is 3.31. The summed E-state index contributed by atoms with van der Waals surface area (Å²) in [6.45, 7) is 0. The zero-order valence-corrected chi connectivity index (χ0v) is 11.5. The fourth-order valence-corrected chi connectivity index (χ4v) is 4.07. The number of nitriles is 1. The zero-order chi connectivity index (χ0) is 13.1. The largest absolute Gasteiger partial charge is 0.196 e. The maximum absolute atomic E-state index is 9.78. The van der Waals surface area contributed by atoms with Crippen LogP contribution in [0.25, 0.3) is 0 Å². The van der Waals surface area contributed by atoms with Gasteiger partial charge in [-0.15, -0.1) is 11.8 Å². The second kappa shape index (κ2) is 5.11. The van der Waals surface area contributed by atoms with Crippen molar-refractivity contribution in [3.8, 4) is 6.07 Å². The lowest BCUT2D eigenvalue weighted by Crippen LogP contribution is -2.29. The monoisotopic (exact) mass is 265 g/mol. The SMILES string of the molecule is N#CC1(Cc2ccccc2)SCCc2ccccc21. The smallest absolute Gasteiger partial charge is 0.132 e. The molecule has 1 aliphatic heterocycles. The van der Waals surface area contributed by atoms with E-state index in [2.05, 4.69) is 36.4 Å².